The van der Waals surface area contributed by atoms with Crippen LogP contribution < -0.4 is 4.74 Å². The Morgan fingerprint density at radius 3 is 2.09 bits per heavy atom. The smallest absolute Gasteiger partial charge is 0.191 e. The minimum Gasteiger partial charge on any atom is -0.497 e. The average molecular weight is 339 g/mol. The summed E-state index contributed by atoms with van der Waals surface area (Å²) in [5, 5.41) is 0.300. The predicted molar refractivity (Wildman–Crippen MR) is 99.7 cm³/mol. The fraction of sp³-hybridized carbons (Fsp3) is 0.684. The van der Waals surface area contributed by atoms with Gasteiger partial charge >= 0.3 is 0 Å². The van der Waals surface area contributed by atoms with Crippen LogP contribution in [0.2, 0.25) is 18.1 Å². The average Bonchev–Trinajstić information content (AvgIpc) is 2.49. The molecule has 0 atom stereocenters. The highest BCUT2D eigenvalue weighted by Crippen LogP contribution is 2.36. The first-order chi connectivity index (χ1) is 10.8. The van der Waals surface area contributed by atoms with Gasteiger partial charge in [0.15, 0.2) is 8.32 Å². The fourth-order valence-electron chi connectivity index (χ4n) is 1.94. The minimum absolute atomic E-state index is 0.300. The van der Waals surface area contributed by atoms with Crippen molar-refractivity contribution in [2.75, 3.05) is 20.3 Å². The Kier molecular flexibility index (Phi) is 8.30. The van der Waals surface area contributed by atoms with Gasteiger partial charge in [-0.1, -0.05) is 32.9 Å². The molecule has 0 heterocycles. The molecular weight excluding hydrogens is 304 g/mol. The molecular formula is C19H34O3Si. The maximum absolute atomic E-state index is 6.18. The highest BCUT2D eigenvalue weighted by molar-refractivity contribution is 6.74. The summed E-state index contributed by atoms with van der Waals surface area (Å²) in [7, 11) is 0.107. The van der Waals surface area contributed by atoms with Crippen LogP contribution in [-0.4, -0.2) is 28.6 Å². The summed E-state index contributed by atoms with van der Waals surface area (Å²) in [6.07, 6.45) is 3.38. The van der Waals surface area contributed by atoms with Gasteiger partial charge in [-0.05, 0) is 55.1 Å². The standard InChI is InChI=1S/C19H34O3Si/c1-19(2,3)23(5,6)22-15-9-7-8-14-21-16-17-10-12-18(20-4)13-11-17/h10-13H,7-9,14-16H2,1-6H3. The minimum atomic E-state index is -1.57. The lowest BCUT2D eigenvalue weighted by Gasteiger charge is -2.36. The van der Waals surface area contributed by atoms with E-state index in [0.29, 0.717) is 11.6 Å². The predicted octanol–water partition coefficient (Wildman–Crippen LogP) is 5.40. The zero-order chi connectivity index (χ0) is 17.3. The molecule has 23 heavy (non-hydrogen) atoms. The Morgan fingerprint density at radius 2 is 1.52 bits per heavy atom. The van der Waals surface area contributed by atoms with Gasteiger partial charge in [0.1, 0.15) is 5.75 Å². The van der Waals surface area contributed by atoms with Gasteiger partial charge in [-0.25, -0.2) is 0 Å². The van der Waals surface area contributed by atoms with Crippen LogP contribution in [0.5, 0.6) is 5.75 Å². The Morgan fingerprint density at radius 1 is 0.913 bits per heavy atom. The van der Waals surface area contributed by atoms with E-state index in [4.69, 9.17) is 13.9 Å². The molecule has 0 unspecified atom stereocenters. The summed E-state index contributed by atoms with van der Waals surface area (Å²) in [5.41, 5.74) is 1.19. The van der Waals surface area contributed by atoms with Crippen molar-refractivity contribution in [3.63, 3.8) is 0 Å². The lowest BCUT2D eigenvalue weighted by molar-refractivity contribution is 0.115. The van der Waals surface area contributed by atoms with E-state index in [1.54, 1.807) is 7.11 Å². The number of hydrogen-bond acceptors (Lipinski definition) is 3. The first-order valence-electron chi connectivity index (χ1n) is 8.61. The summed E-state index contributed by atoms with van der Waals surface area (Å²) >= 11 is 0. The molecule has 0 aliphatic heterocycles. The van der Waals surface area contributed by atoms with Gasteiger partial charge in [0.2, 0.25) is 0 Å². The summed E-state index contributed by atoms with van der Waals surface area (Å²) in [4.78, 5) is 0. The van der Waals surface area contributed by atoms with E-state index in [2.05, 4.69) is 33.9 Å². The van der Waals surface area contributed by atoms with Gasteiger partial charge < -0.3 is 13.9 Å². The van der Waals surface area contributed by atoms with Crippen molar-refractivity contribution in [2.45, 2.75) is 64.8 Å². The molecule has 132 valence electrons. The Hall–Kier alpha value is -0.843. The largest absolute Gasteiger partial charge is 0.497 e. The van der Waals surface area contributed by atoms with E-state index >= 15 is 0 Å². The highest BCUT2D eigenvalue weighted by atomic mass is 28.4. The number of ether oxygens (including phenoxy) is 2. The molecule has 0 aliphatic carbocycles. The van der Waals surface area contributed by atoms with Crippen LogP contribution in [0.4, 0.5) is 0 Å². The van der Waals surface area contributed by atoms with Crippen LogP contribution in [0.25, 0.3) is 0 Å². The molecule has 0 amide bonds. The Labute approximate surface area is 143 Å². The van der Waals surface area contributed by atoms with Gasteiger partial charge in [0, 0.05) is 13.2 Å². The summed E-state index contributed by atoms with van der Waals surface area (Å²) < 4.78 is 17.0. The molecule has 1 rings (SSSR count). The van der Waals surface area contributed by atoms with Crippen LogP contribution in [-0.2, 0) is 15.8 Å². The third kappa shape index (κ3) is 7.51. The molecule has 0 radical (unpaired) electrons. The monoisotopic (exact) mass is 338 g/mol. The molecule has 1 aromatic carbocycles. The van der Waals surface area contributed by atoms with Crippen molar-refractivity contribution in [2.24, 2.45) is 0 Å². The molecule has 4 heteroatoms. The summed E-state index contributed by atoms with van der Waals surface area (Å²) in [6, 6.07) is 8.03. The Bertz CT molecular complexity index is 435. The Balaban J connectivity index is 2.05. The van der Waals surface area contributed by atoms with E-state index in [9.17, 15) is 0 Å². The second-order valence-electron chi connectivity index (χ2n) is 7.57. The zero-order valence-electron chi connectivity index (χ0n) is 15.8. The third-order valence-electron chi connectivity index (χ3n) is 4.63. The van der Waals surface area contributed by atoms with Gasteiger partial charge in [-0.3, -0.25) is 0 Å². The maximum Gasteiger partial charge on any atom is 0.191 e. The van der Waals surface area contributed by atoms with Crippen LogP contribution >= 0.6 is 0 Å². The van der Waals surface area contributed by atoms with E-state index in [1.807, 2.05) is 24.3 Å². The van der Waals surface area contributed by atoms with Crippen LogP contribution in [0.1, 0.15) is 45.6 Å². The topological polar surface area (TPSA) is 27.7 Å². The molecule has 0 spiro atoms. The van der Waals surface area contributed by atoms with Gasteiger partial charge in [-0.2, -0.15) is 0 Å². The number of rotatable bonds is 10. The highest BCUT2D eigenvalue weighted by Gasteiger charge is 2.36. The van der Waals surface area contributed by atoms with E-state index in [1.165, 1.54) is 5.56 Å². The molecule has 1 aromatic rings. The first-order valence-corrected chi connectivity index (χ1v) is 11.5. The van der Waals surface area contributed by atoms with Crippen molar-refractivity contribution in [3.8, 4) is 5.75 Å². The molecule has 0 aliphatic rings. The number of hydrogen-bond donors (Lipinski definition) is 0. The molecule has 0 saturated carbocycles. The molecule has 0 fully saturated rings. The molecule has 0 saturated heterocycles. The molecule has 0 N–H and O–H groups in total. The van der Waals surface area contributed by atoms with Crippen molar-refractivity contribution in [3.05, 3.63) is 29.8 Å². The van der Waals surface area contributed by atoms with Crippen molar-refractivity contribution >= 4 is 8.32 Å². The van der Waals surface area contributed by atoms with Gasteiger partial charge in [-0.15, -0.1) is 0 Å². The first kappa shape index (κ1) is 20.2. The van der Waals surface area contributed by atoms with Crippen LogP contribution in [0, 0.1) is 0 Å². The van der Waals surface area contributed by atoms with E-state index < -0.39 is 8.32 Å². The second-order valence-corrected chi connectivity index (χ2v) is 12.4. The summed E-state index contributed by atoms with van der Waals surface area (Å²) in [6.45, 7) is 13.8. The van der Waals surface area contributed by atoms with Crippen molar-refractivity contribution in [1.82, 2.24) is 0 Å². The van der Waals surface area contributed by atoms with Crippen molar-refractivity contribution < 1.29 is 13.9 Å². The fourth-order valence-corrected chi connectivity index (χ4v) is 3.03. The molecule has 3 nitrogen and oxygen atoms in total. The number of benzene rings is 1. The molecule has 0 aromatic heterocycles. The lowest BCUT2D eigenvalue weighted by atomic mass is 10.2. The molecule has 0 bridgehead atoms. The number of methoxy groups -OCH3 is 1. The zero-order valence-corrected chi connectivity index (χ0v) is 16.8. The van der Waals surface area contributed by atoms with Crippen LogP contribution in [0.15, 0.2) is 24.3 Å². The normalized spacial score (nSPS) is 12.4. The van der Waals surface area contributed by atoms with E-state index in [-0.39, 0.29) is 0 Å². The number of unbranched alkanes of at least 4 members (excludes halogenated alkanes) is 2. The van der Waals surface area contributed by atoms with Gasteiger partial charge in [0.05, 0.1) is 13.7 Å². The summed E-state index contributed by atoms with van der Waals surface area (Å²) in [5.74, 6) is 0.885. The van der Waals surface area contributed by atoms with Crippen molar-refractivity contribution in [1.29, 1.82) is 0 Å². The van der Waals surface area contributed by atoms with Crippen LogP contribution in [0.3, 0.4) is 0 Å². The van der Waals surface area contributed by atoms with E-state index in [0.717, 1.165) is 38.2 Å². The quantitative estimate of drug-likeness (QED) is 0.422. The van der Waals surface area contributed by atoms with Gasteiger partial charge in [0.25, 0.3) is 0 Å². The SMILES string of the molecule is COc1ccc(COCCCCCO[Si](C)(C)C(C)(C)C)cc1. The lowest BCUT2D eigenvalue weighted by Crippen LogP contribution is -2.40. The maximum atomic E-state index is 6.18. The third-order valence-corrected chi connectivity index (χ3v) is 9.17. The second kappa shape index (κ2) is 9.45.